The van der Waals surface area contributed by atoms with E-state index in [1.165, 1.54) is 6.42 Å². The Hall–Kier alpha value is -1.57. The molecule has 24 heavy (non-hydrogen) atoms. The quantitative estimate of drug-likeness (QED) is 0.662. The maximum Gasteiger partial charge on any atom is 0.253 e. The van der Waals surface area contributed by atoms with Gasteiger partial charge < -0.3 is 21.1 Å². The number of nitrogens with one attached hydrogen (secondary N) is 2. The van der Waals surface area contributed by atoms with Crippen molar-refractivity contribution in [3.05, 3.63) is 29.8 Å². The van der Waals surface area contributed by atoms with Gasteiger partial charge in [0.15, 0.2) is 0 Å². The van der Waals surface area contributed by atoms with Crippen LogP contribution in [0.15, 0.2) is 24.3 Å². The summed E-state index contributed by atoms with van der Waals surface area (Å²) in [4.78, 5) is 24.2. The molecule has 0 aliphatic carbocycles. The molecule has 0 bridgehead atoms. The minimum atomic E-state index is -0.236. The maximum absolute atomic E-state index is 12.1. The van der Waals surface area contributed by atoms with Crippen LogP contribution in [0.25, 0.3) is 0 Å². The van der Waals surface area contributed by atoms with Crippen LogP contribution in [0.4, 0.5) is 5.69 Å². The molecular formula is C17H25N3O3S. The predicted octanol–water partition coefficient (Wildman–Crippen LogP) is 1.62. The Morgan fingerprint density at radius 3 is 2.88 bits per heavy atom. The Bertz CT molecular complexity index is 548. The van der Waals surface area contributed by atoms with Gasteiger partial charge in [-0.1, -0.05) is 12.1 Å². The van der Waals surface area contributed by atoms with Crippen molar-refractivity contribution in [2.75, 3.05) is 36.5 Å². The molecule has 1 aromatic carbocycles. The van der Waals surface area contributed by atoms with Crippen LogP contribution in [0.5, 0.6) is 0 Å². The van der Waals surface area contributed by atoms with Gasteiger partial charge in [0.25, 0.3) is 5.91 Å². The summed E-state index contributed by atoms with van der Waals surface area (Å²) in [6, 6.07) is 6.97. The monoisotopic (exact) mass is 351 g/mol. The number of anilines is 1. The van der Waals surface area contributed by atoms with E-state index < -0.39 is 0 Å². The van der Waals surface area contributed by atoms with E-state index in [1.54, 1.807) is 36.0 Å². The Labute approximate surface area is 146 Å². The number of thioether (sulfide) groups is 1. The van der Waals surface area contributed by atoms with Crippen molar-refractivity contribution in [2.45, 2.75) is 25.4 Å². The summed E-state index contributed by atoms with van der Waals surface area (Å²) in [6.45, 7) is 1.60. The highest BCUT2D eigenvalue weighted by Crippen LogP contribution is 2.18. The van der Waals surface area contributed by atoms with Crippen LogP contribution in [-0.2, 0) is 9.53 Å². The highest BCUT2D eigenvalue weighted by Gasteiger charge is 2.16. The second-order valence-electron chi connectivity index (χ2n) is 5.64. The van der Waals surface area contributed by atoms with Gasteiger partial charge in [-0.15, -0.1) is 11.8 Å². The maximum atomic E-state index is 12.1. The van der Waals surface area contributed by atoms with E-state index in [9.17, 15) is 9.59 Å². The zero-order valence-corrected chi connectivity index (χ0v) is 14.6. The molecule has 4 N–H and O–H groups in total. The SMILES string of the molecule is NCCNC(=O)c1ccccc1NC(=O)CSCC1CCCCO1. The molecule has 1 atom stereocenters. The molecule has 2 rings (SSSR count). The van der Waals surface area contributed by atoms with Crippen molar-refractivity contribution in [1.82, 2.24) is 5.32 Å². The minimum absolute atomic E-state index is 0.116. The second-order valence-corrected chi connectivity index (χ2v) is 6.67. The van der Waals surface area contributed by atoms with E-state index >= 15 is 0 Å². The highest BCUT2D eigenvalue weighted by atomic mass is 32.2. The number of hydrogen-bond donors (Lipinski definition) is 3. The fraction of sp³-hybridized carbons (Fsp3) is 0.529. The van der Waals surface area contributed by atoms with Gasteiger partial charge in [0.05, 0.1) is 23.1 Å². The topological polar surface area (TPSA) is 93.5 Å². The molecule has 1 aliphatic heterocycles. The number of para-hydroxylation sites is 1. The highest BCUT2D eigenvalue weighted by molar-refractivity contribution is 8.00. The van der Waals surface area contributed by atoms with Crippen molar-refractivity contribution in [3.63, 3.8) is 0 Å². The number of rotatable bonds is 8. The van der Waals surface area contributed by atoms with Gasteiger partial charge in [-0.3, -0.25) is 9.59 Å². The second kappa shape index (κ2) is 10.3. The lowest BCUT2D eigenvalue weighted by Crippen LogP contribution is -2.30. The minimum Gasteiger partial charge on any atom is -0.377 e. The number of benzene rings is 1. The van der Waals surface area contributed by atoms with Gasteiger partial charge in [-0.2, -0.15) is 0 Å². The summed E-state index contributed by atoms with van der Waals surface area (Å²) >= 11 is 1.56. The van der Waals surface area contributed by atoms with Gasteiger partial charge in [0.2, 0.25) is 5.91 Å². The van der Waals surface area contributed by atoms with Crippen molar-refractivity contribution in [2.24, 2.45) is 5.73 Å². The van der Waals surface area contributed by atoms with E-state index in [1.807, 2.05) is 0 Å². The lowest BCUT2D eigenvalue weighted by atomic mass is 10.1. The molecule has 0 aromatic heterocycles. The smallest absolute Gasteiger partial charge is 0.253 e. The van der Waals surface area contributed by atoms with Gasteiger partial charge in [0.1, 0.15) is 0 Å². The van der Waals surface area contributed by atoms with Crippen LogP contribution in [-0.4, -0.2) is 49.1 Å². The average molecular weight is 351 g/mol. The Morgan fingerprint density at radius 1 is 1.29 bits per heavy atom. The Balaban J connectivity index is 1.81. The molecule has 1 saturated heterocycles. The van der Waals surface area contributed by atoms with E-state index in [0.29, 0.717) is 30.1 Å². The van der Waals surface area contributed by atoms with Crippen LogP contribution in [0, 0.1) is 0 Å². The first-order valence-corrected chi connectivity index (χ1v) is 9.42. The fourth-order valence-electron chi connectivity index (χ4n) is 2.48. The van der Waals surface area contributed by atoms with E-state index in [0.717, 1.165) is 25.2 Å². The number of carbonyl (C=O) groups excluding carboxylic acids is 2. The van der Waals surface area contributed by atoms with Crippen molar-refractivity contribution in [3.8, 4) is 0 Å². The Kier molecular flexibility index (Phi) is 8.07. The number of amides is 2. The summed E-state index contributed by atoms with van der Waals surface area (Å²) in [5.74, 6) is 0.819. The summed E-state index contributed by atoms with van der Waals surface area (Å²) < 4.78 is 5.65. The standard InChI is InChI=1S/C17H25N3O3S/c18-8-9-19-17(22)14-6-1-2-7-15(14)20-16(21)12-24-11-13-5-3-4-10-23-13/h1-2,6-7,13H,3-5,8-12,18H2,(H,19,22)(H,20,21). The summed E-state index contributed by atoms with van der Waals surface area (Å²) in [7, 11) is 0. The van der Waals surface area contributed by atoms with Crippen LogP contribution in [0.3, 0.4) is 0 Å². The van der Waals surface area contributed by atoms with E-state index in [-0.39, 0.29) is 17.9 Å². The lowest BCUT2D eigenvalue weighted by Gasteiger charge is -2.21. The molecule has 1 aromatic rings. The largest absolute Gasteiger partial charge is 0.377 e. The summed E-state index contributed by atoms with van der Waals surface area (Å²) in [5.41, 5.74) is 6.36. The molecular weight excluding hydrogens is 326 g/mol. The lowest BCUT2D eigenvalue weighted by molar-refractivity contribution is -0.113. The molecule has 132 valence electrons. The number of hydrogen-bond acceptors (Lipinski definition) is 5. The molecule has 1 unspecified atom stereocenters. The first-order chi connectivity index (χ1) is 11.7. The van der Waals surface area contributed by atoms with Crippen molar-refractivity contribution in [1.29, 1.82) is 0 Å². The summed E-state index contributed by atoms with van der Waals surface area (Å²) in [5, 5.41) is 5.52. The number of carbonyl (C=O) groups is 2. The normalized spacial score (nSPS) is 17.3. The van der Waals surface area contributed by atoms with Gasteiger partial charge >= 0.3 is 0 Å². The van der Waals surface area contributed by atoms with Crippen molar-refractivity contribution >= 4 is 29.3 Å². The third-order valence-corrected chi connectivity index (χ3v) is 4.76. The molecule has 0 saturated carbocycles. The Morgan fingerprint density at radius 2 is 2.12 bits per heavy atom. The predicted molar refractivity (Wildman–Crippen MR) is 97.4 cm³/mol. The third kappa shape index (κ3) is 6.14. The zero-order valence-electron chi connectivity index (χ0n) is 13.8. The average Bonchev–Trinajstić information content (AvgIpc) is 2.61. The molecule has 1 heterocycles. The van der Waals surface area contributed by atoms with Crippen LogP contribution in [0.2, 0.25) is 0 Å². The molecule has 6 nitrogen and oxygen atoms in total. The molecule has 7 heteroatoms. The van der Waals surface area contributed by atoms with Gasteiger partial charge in [0, 0.05) is 25.4 Å². The van der Waals surface area contributed by atoms with E-state index in [2.05, 4.69) is 10.6 Å². The van der Waals surface area contributed by atoms with Crippen molar-refractivity contribution < 1.29 is 14.3 Å². The van der Waals surface area contributed by atoms with E-state index in [4.69, 9.17) is 10.5 Å². The zero-order chi connectivity index (χ0) is 17.2. The molecule has 1 aliphatic rings. The fourth-order valence-corrected chi connectivity index (χ4v) is 3.38. The molecule has 2 amide bonds. The summed E-state index contributed by atoms with van der Waals surface area (Å²) in [6.07, 6.45) is 3.65. The molecule has 1 fully saturated rings. The first kappa shape index (κ1) is 18.8. The van der Waals surface area contributed by atoms with Crippen LogP contribution < -0.4 is 16.4 Å². The van der Waals surface area contributed by atoms with Gasteiger partial charge in [-0.25, -0.2) is 0 Å². The molecule has 0 radical (unpaired) electrons. The van der Waals surface area contributed by atoms with Crippen LogP contribution >= 0.6 is 11.8 Å². The molecule has 0 spiro atoms. The number of ether oxygens (including phenoxy) is 1. The number of nitrogens with two attached hydrogens (primary N) is 1. The van der Waals surface area contributed by atoms with Crippen LogP contribution in [0.1, 0.15) is 29.6 Å². The van der Waals surface area contributed by atoms with Gasteiger partial charge in [-0.05, 0) is 31.4 Å². The first-order valence-electron chi connectivity index (χ1n) is 8.27. The third-order valence-electron chi connectivity index (χ3n) is 3.69.